The molecule has 4 aromatic carbocycles. The lowest BCUT2D eigenvalue weighted by Crippen LogP contribution is -2.39. The van der Waals surface area contributed by atoms with E-state index in [4.69, 9.17) is 24.2 Å². The summed E-state index contributed by atoms with van der Waals surface area (Å²) in [5, 5.41) is 17.4. The van der Waals surface area contributed by atoms with Crippen LogP contribution in [0, 0.1) is 0 Å². The molecule has 4 aromatic rings. The molecule has 45 heavy (non-hydrogen) atoms. The zero-order chi connectivity index (χ0) is 32.7. The van der Waals surface area contributed by atoms with Gasteiger partial charge in [0, 0.05) is 0 Å². The molecular weight excluding hydrogens is 598 g/mol. The minimum atomic E-state index is -4.67. The van der Waals surface area contributed by atoms with Gasteiger partial charge in [-0.2, -0.15) is 8.42 Å². The van der Waals surface area contributed by atoms with Crippen molar-refractivity contribution < 1.29 is 42.2 Å². The van der Waals surface area contributed by atoms with Gasteiger partial charge in [-0.3, -0.25) is 4.55 Å². The van der Waals surface area contributed by atoms with E-state index in [1.807, 2.05) is 0 Å². The summed E-state index contributed by atoms with van der Waals surface area (Å²) in [6.07, 6.45) is 2.37. The third kappa shape index (κ3) is 9.80. The normalized spacial score (nSPS) is 11.3. The van der Waals surface area contributed by atoms with E-state index in [0.717, 1.165) is 29.2 Å². The smallest absolute Gasteiger partial charge is 0.338 e. The fourth-order valence-corrected chi connectivity index (χ4v) is 5.26. The number of quaternary nitrogens is 1. The van der Waals surface area contributed by atoms with Gasteiger partial charge in [0.05, 0.1) is 42.4 Å². The van der Waals surface area contributed by atoms with E-state index in [1.54, 1.807) is 0 Å². The highest BCUT2D eigenvalue weighted by atomic mass is 32.2. The van der Waals surface area contributed by atoms with Gasteiger partial charge in [-0.1, -0.05) is 67.9 Å². The van der Waals surface area contributed by atoms with Crippen LogP contribution < -0.4 is 4.48 Å². The zero-order valence-corrected chi connectivity index (χ0v) is 25.8. The van der Waals surface area contributed by atoms with Crippen LogP contribution in [-0.2, 0) is 19.6 Å². The van der Waals surface area contributed by atoms with E-state index in [2.05, 4.69) is 97.9 Å². The summed E-state index contributed by atoms with van der Waals surface area (Å²) in [7, 11) is -4.67. The number of esters is 1. The first-order valence-electron chi connectivity index (χ1n) is 14.4. The molecule has 0 unspecified atom stereocenters. The molecule has 0 saturated carbocycles. The number of ether oxygens (including phenoxy) is 2. The highest BCUT2D eigenvalue weighted by Crippen LogP contribution is 2.43. The van der Waals surface area contributed by atoms with E-state index in [1.165, 1.54) is 29.9 Å². The lowest BCUT2D eigenvalue weighted by molar-refractivity contribution is 0.0258. The lowest BCUT2D eigenvalue weighted by Gasteiger charge is -2.37. The highest BCUT2D eigenvalue weighted by Gasteiger charge is 2.35. The summed E-state index contributed by atoms with van der Waals surface area (Å²) in [4.78, 5) is 21.9. The topological polar surface area (TPSA) is 147 Å². The van der Waals surface area contributed by atoms with Crippen LogP contribution in [0.3, 0.4) is 0 Å². The largest absolute Gasteiger partial charge is 0.478 e. The van der Waals surface area contributed by atoms with Crippen molar-refractivity contribution in [3.8, 4) is 0 Å². The molecular formula is C34H38NO9S+. The number of unbranched alkanes of at least 4 members (excludes halogenated alkanes) is 1. The molecule has 0 aliphatic carbocycles. The molecule has 0 aliphatic rings. The number of carboxylic acids is 1. The van der Waals surface area contributed by atoms with E-state index in [-0.39, 0.29) is 32.0 Å². The molecule has 0 fully saturated rings. The average Bonchev–Trinajstić information content (AvgIpc) is 3.06. The van der Waals surface area contributed by atoms with Gasteiger partial charge in [-0.15, -0.1) is 0 Å². The molecule has 0 aliphatic heterocycles. The molecule has 0 saturated heterocycles. The van der Waals surface area contributed by atoms with Crippen molar-refractivity contribution in [1.82, 2.24) is 4.48 Å². The quantitative estimate of drug-likeness (QED) is 0.0632. The molecule has 0 heterocycles. The van der Waals surface area contributed by atoms with Gasteiger partial charge in [0.15, 0.2) is 0 Å². The summed E-state index contributed by atoms with van der Waals surface area (Å²) >= 11 is 0. The van der Waals surface area contributed by atoms with Crippen molar-refractivity contribution in [3.63, 3.8) is 0 Å². The zero-order valence-electron chi connectivity index (χ0n) is 25.0. The Morgan fingerprint density at radius 1 is 0.733 bits per heavy atom. The fourth-order valence-electron chi connectivity index (χ4n) is 4.71. The SMILES string of the molecule is CCCC[N+](c1ccccc1)(c1ccccc1)c1ccccc1.O=C(O)c1cc(C(=O)OCCOCCO)cc(S(=O)(=O)O)c1. The number of rotatable bonds is 14. The molecule has 238 valence electrons. The van der Waals surface area contributed by atoms with Gasteiger partial charge in [0.1, 0.15) is 23.7 Å². The van der Waals surface area contributed by atoms with Gasteiger partial charge < -0.3 is 19.7 Å². The third-order valence-corrected chi connectivity index (χ3v) is 7.65. The van der Waals surface area contributed by atoms with Crippen molar-refractivity contribution in [2.75, 3.05) is 33.0 Å². The van der Waals surface area contributed by atoms with Crippen molar-refractivity contribution in [3.05, 3.63) is 120 Å². The molecule has 0 bridgehead atoms. The second-order valence-electron chi connectivity index (χ2n) is 9.89. The summed E-state index contributed by atoms with van der Waals surface area (Å²) in [5.41, 5.74) is 3.13. The molecule has 0 spiro atoms. The fraction of sp³-hybridized carbons (Fsp3) is 0.235. The maximum Gasteiger partial charge on any atom is 0.338 e. The van der Waals surface area contributed by atoms with Gasteiger partial charge in [-0.05, 0) is 61.0 Å². The molecule has 0 amide bonds. The number of carbonyl (C=O) groups is 2. The van der Waals surface area contributed by atoms with E-state index >= 15 is 0 Å². The van der Waals surface area contributed by atoms with E-state index in [9.17, 15) is 18.0 Å². The average molecular weight is 637 g/mol. The predicted molar refractivity (Wildman–Crippen MR) is 172 cm³/mol. The Balaban J connectivity index is 0.000000246. The van der Waals surface area contributed by atoms with Crippen molar-refractivity contribution in [2.24, 2.45) is 0 Å². The first kappa shape index (κ1) is 35.1. The Bertz CT molecular complexity index is 1520. The highest BCUT2D eigenvalue weighted by molar-refractivity contribution is 7.85. The maximum absolute atomic E-state index is 11.7. The van der Waals surface area contributed by atoms with Crippen LogP contribution in [0.4, 0.5) is 17.1 Å². The molecule has 0 aromatic heterocycles. The van der Waals surface area contributed by atoms with Gasteiger partial charge in [0.2, 0.25) is 0 Å². The minimum absolute atomic E-state index is 0.01000. The van der Waals surface area contributed by atoms with Crippen molar-refractivity contribution in [2.45, 2.75) is 24.7 Å². The number of aliphatic hydroxyl groups is 1. The number of hydrogen-bond donors (Lipinski definition) is 3. The van der Waals surface area contributed by atoms with Crippen molar-refractivity contribution >= 4 is 39.1 Å². The number of para-hydroxylation sites is 3. The Morgan fingerprint density at radius 2 is 1.22 bits per heavy atom. The van der Waals surface area contributed by atoms with Crippen LogP contribution in [0.25, 0.3) is 0 Å². The molecule has 0 atom stereocenters. The van der Waals surface area contributed by atoms with Gasteiger partial charge >= 0.3 is 11.9 Å². The number of hydrogen-bond acceptors (Lipinski definition) is 7. The van der Waals surface area contributed by atoms with Crippen LogP contribution in [0.15, 0.2) is 114 Å². The number of aromatic carboxylic acids is 1. The van der Waals surface area contributed by atoms with E-state index < -0.39 is 32.5 Å². The second-order valence-corrected chi connectivity index (χ2v) is 11.3. The minimum Gasteiger partial charge on any atom is -0.478 e. The first-order chi connectivity index (χ1) is 21.6. The summed E-state index contributed by atoms with van der Waals surface area (Å²) in [6.45, 7) is 3.04. The van der Waals surface area contributed by atoms with Crippen LogP contribution >= 0.6 is 0 Å². The summed E-state index contributed by atoms with van der Waals surface area (Å²) in [5.74, 6) is -2.44. The van der Waals surface area contributed by atoms with E-state index in [0.29, 0.717) is 0 Å². The van der Waals surface area contributed by atoms with Gasteiger partial charge in [-0.25, -0.2) is 14.1 Å². The Labute approximate surface area is 263 Å². The molecule has 10 nitrogen and oxygen atoms in total. The van der Waals surface area contributed by atoms with Crippen LogP contribution in [0.2, 0.25) is 0 Å². The number of nitrogens with zero attached hydrogens (tertiary/aromatic N) is 1. The van der Waals surface area contributed by atoms with Gasteiger partial charge in [0.25, 0.3) is 10.1 Å². The lowest BCUT2D eigenvalue weighted by atomic mass is 10.1. The Morgan fingerprint density at radius 3 is 1.64 bits per heavy atom. The second kappa shape index (κ2) is 17.2. The maximum atomic E-state index is 11.7. The number of carbonyl (C=O) groups excluding carboxylic acids is 1. The molecule has 3 N–H and O–H groups in total. The number of benzene rings is 4. The van der Waals surface area contributed by atoms with Crippen LogP contribution in [0.1, 0.15) is 40.5 Å². The number of carboxylic acid groups (broad SMARTS) is 1. The molecule has 4 rings (SSSR count). The number of aliphatic hydroxyl groups excluding tert-OH is 1. The van der Waals surface area contributed by atoms with Crippen LogP contribution in [-0.4, -0.2) is 68.1 Å². The monoisotopic (exact) mass is 636 g/mol. The Hall–Kier alpha value is -4.39. The Kier molecular flexibility index (Phi) is 13.4. The summed E-state index contributed by atoms with van der Waals surface area (Å²) < 4.78 is 41.5. The molecule has 0 radical (unpaired) electrons. The molecule has 11 heteroatoms. The van der Waals surface area contributed by atoms with Crippen molar-refractivity contribution in [1.29, 1.82) is 0 Å². The summed E-state index contributed by atoms with van der Waals surface area (Å²) in [6, 6.07) is 35.0. The predicted octanol–water partition coefficient (Wildman–Crippen LogP) is 6.25. The third-order valence-electron chi connectivity index (χ3n) is 6.82. The standard InChI is InChI=1S/C22H24N.C12H14O9S/c1-2-3-19-23(20-13-7-4-8-14-20,21-15-9-5-10-16-21)22-17-11-6-12-18-22;13-1-2-20-3-4-21-12(16)9-5-8(11(14)15)6-10(7-9)22(17,18)19/h4-18H,2-3,19H2,1H3;5-7,13H,1-4H2,(H,14,15)(H,17,18,19)/q+1;. The van der Waals surface area contributed by atoms with Crippen LogP contribution in [0.5, 0.6) is 0 Å². The first-order valence-corrected chi connectivity index (χ1v) is 15.8.